The molecule has 3 N–H and O–H groups in total. The lowest BCUT2D eigenvalue weighted by Gasteiger charge is -2.24. The molecule has 2 unspecified atom stereocenters. The van der Waals surface area contributed by atoms with E-state index in [4.69, 9.17) is 5.84 Å². The fourth-order valence-corrected chi connectivity index (χ4v) is 2.94. The molecular formula is C15H15F2N3. The lowest BCUT2D eigenvalue weighted by molar-refractivity contribution is 0.426. The van der Waals surface area contributed by atoms with Crippen LogP contribution in [0.1, 0.15) is 35.2 Å². The summed E-state index contributed by atoms with van der Waals surface area (Å²) in [6, 6.07) is 6.84. The van der Waals surface area contributed by atoms with Crippen molar-refractivity contribution in [2.75, 3.05) is 0 Å². The summed E-state index contributed by atoms with van der Waals surface area (Å²) in [5, 5.41) is 0. The van der Waals surface area contributed by atoms with Gasteiger partial charge in [-0.3, -0.25) is 16.3 Å². The molecule has 0 fully saturated rings. The molecular weight excluding hydrogens is 260 g/mol. The monoisotopic (exact) mass is 275 g/mol. The fraction of sp³-hybridized carbons (Fsp3) is 0.267. The Morgan fingerprint density at radius 2 is 2.15 bits per heavy atom. The summed E-state index contributed by atoms with van der Waals surface area (Å²) in [5.74, 6) is 4.61. The first-order valence-corrected chi connectivity index (χ1v) is 6.55. The van der Waals surface area contributed by atoms with Crippen LogP contribution in [-0.4, -0.2) is 4.98 Å². The summed E-state index contributed by atoms with van der Waals surface area (Å²) in [6.07, 6.45) is 3.41. The first-order chi connectivity index (χ1) is 9.70. The van der Waals surface area contributed by atoms with Crippen molar-refractivity contribution in [1.29, 1.82) is 0 Å². The largest absolute Gasteiger partial charge is 0.271 e. The predicted molar refractivity (Wildman–Crippen MR) is 71.7 cm³/mol. The highest BCUT2D eigenvalue weighted by Gasteiger charge is 2.32. The number of benzene rings is 1. The van der Waals surface area contributed by atoms with E-state index in [1.807, 2.05) is 12.1 Å². The minimum Gasteiger partial charge on any atom is -0.271 e. The third kappa shape index (κ3) is 2.19. The van der Waals surface area contributed by atoms with Gasteiger partial charge in [0.05, 0.1) is 6.04 Å². The molecule has 5 heteroatoms. The summed E-state index contributed by atoms with van der Waals surface area (Å²) in [5.41, 5.74) is 4.93. The predicted octanol–water partition coefficient (Wildman–Crippen LogP) is 2.59. The van der Waals surface area contributed by atoms with Crippen LogP contribution < -0.4 is 11.3 Å². The van der Waals surface area contributed by atoms with Gasteiger partial charge in [0, 0.05) is 23.4 Å². The van der Waals surface area contributed by atoms with E-state index in [-0.39, 0.29) is 11.5 Å². The van der Waals surface area contributed by atoms with E-state index in [9.17, 15) is 8.78 Å². The molecule has 1 aromatic heterocycles. The van der Waals surface area contributed by atoms with Crippen LogP contribution in [0.5, 0.6) is 0 Å². The maximum absolute atomic E-state index is 14.0. The number of aromatic nitrogens is 1. The van der Waals surface area contributed by atoms with Crippen LogP contribution in [0.3, 0.4) is 0 Å². The maximum atomic E-state index is 14.0. The molecule has 1 aromatic carbocycles. The highest BCUT2D eigenvalue weighted by atomic mass is 19.1. The first-order valence-electron chi connectivity index (χ1n) is 6.55. The Morgan fingerprint density at radius 3 is 2.95 bits per heavy atom. The molecule has 0 radical (unpaired) electrons. The Morgan fingerprint density at radius 1 is 1.30 bits per heavy atom. The molecule has 20 heavy (non-hydrogen) atoms. The molecule has 1 aliphatic carbocycles. The van der Waals surface area contributed by atoms with Gasteiger partial charge in [-0.05, 0) is 42.7 Å². The molecule has 3 rings (SSSR count). The van der Waals surface area contributed by atoms with Crippen molar-refractivity contribution in [1.82, 2.24) is 10.4 Å². The van der Waals surface area contributed by atoms with E-state index in [1.54, 1.807) is 6.20 Å². The Balaban J connectivity index is 2.01. The van der Waals surface area contributed by atoms with Crippen molar-refractivity contribution in [2.24, 2.45) is 5.84 Å². The number of nitrogens with two attached hydrogens (primary N) is 1. The second-order valence-corrected chi connectivity index (χ2v) is 5.00. The van der Waals surface area contributed by atoms with Crippen LogP contribution in [-0.2, 0) is 6.42 Å². The number of nitrogens with one attached hydrogen (secondary N) is 1. The lowest BCUT2D eigenvalue weighted by atomic mass is 9.91. The number of hydrogen-bond donors (Lipinski definition) is 2. The van der Waals surface area contributed by atoms with Crippen LogP contribution in [0, 0.1) is 11.6 Å². The van der Waals surface area contributed by atoms with Crippen molar-refractivity contribution in [2.45, 2.75) is 24.8 Å². The first kappa shape index (κ1) is 13.1. The maximum Gasteiger partial charge on any atom is 0.128 e. The van der Waals surface area contributed by atoms with Crippen LogP contribution in [0.2, 0.25) is 0 Å². The molecule has 3 nitrogen and oxygen atoms in total. The molecule has 0 saturated heterocycles. The third-order valence-corrected chi connectivity index (χ3v) is 3.88. The molecule has 0 saturated carbocycles. The van der Waals surface area contributed by atoms with Gasteiger partial charge in [0.15, 0.2) is 0 Å². The van der Waals surface area contributed by atoms with Gasteiger partial charge in [-0.1, -0.05) is 6.07 Å². The zero-order valence-electron chi connectivity index (χ0n) is 10.8. The SMILES string of the molecule is NNC(c1cc(F)ccc1F)C1CCc2cccnc21. The summed E-state index contributed by atoms with van der Waals surface area (Å²) < 4.78 is 27.3. The second kappa shape index (κ2) is 5.26. The molecule has 0 amide bonds. The quantitative estimate of drug-likeness (QED) is 0.668. The molecule has 0 aliphatic heterocycles. The molecule has 0 bridgehead atoms. The van der Waals surface area contributed by atoms with Crippen molar-refractivity contribution >= 4 is 0 Å². The van der Waals surface area contributed by atoms with Crippen molar-refractivity contribution < 1.29 is 8.78 Å². The van der Waals surface area contributed by atoms with Gasteiger partial charge in [0.2, 0.25) is 0 Å². The average molecular weight is 275 g/mol. The second-order valence-electron chi connectivity index (χ2n) is 5.00. The van der Waals surface area contributed by atoms with E-state index < -0.39 is 17.7 Å². The number of halogens is 2. The van der Waals surface area contributed by atoms with E-state index >= 15 is 0 Å². The Hall–Kier alpha value is -1.85. The van der Waals surface area contributed by atoms with Crippen LogP contribution in [0.4, 0.5) is 8.78 Å². The summed E-state index contributed by atoms with van der Waals surface area (Å²) in [4.78, 5) is 4.38. The molecule has 104 valence electrons. The zero-order valence-corrected chi connectivity index (χ0v) is 10.8. The van der Waals surface area contributed by atoms with E-state index in [2.05, 4.69) is 10.4 Å². The number of aryl methyl sites for hydroxylation is 1. The third-order valence-electron chi connectivity index (χ3n) is 3.88. The van der Waals surface area contributed by atoms with Gasteiger partial charge < -0.3 is 0 Å². The highest BCUT2D eigenvalue weighted by molar-refractivity contribution is 5.34. The molecule has 2 atom stereocenters. The molecule has 2 aromatic rings. The summed E-state index contributed by atoms with van der Waals surface area (Å²) in [6.45, 7) is 0. The van der Waals surface area contributed by atoms with E-state index in [0.717, 1.165) is 36.2 Å². The normalized spacial score (nSPS) is 18.9. The lowest BCUT2D eigenvalue weighted by Crippen LogP contribution is -2.33. The summed E-state index contributed by atoms with van der Waals surface area (Å²) >= 11 is 0. The van der Waals surface area contributed by atoms with E-state index in [0.29, 0.717) is 0 Å². The average Bonchev–Trinajstić information content (AvgIpc) is 2.88. The van der Waals surface area contributed by atoms with Gasteiger partial charge >= 0.3 is 0 Å². The van der Waals surface area contributed by atoms with Crippen LogP contribution in [0.25, 0.3) is 0 Å². The van der Waals surface area contributed by atoms with Crippen LogP contribution >= 0.6 is 0 Å². The number of rotatable bonds is 3. The Labute approximate surface area is 115 Å². The van der Waals surface area contributed by atoms with Gasteiger partial charge in [-0.25, -0.2) is 8.78 Å². The number of pyridine rings is 1. The van der Waals surface area contributed by atoms with Gasteiger partial charge in [0.25, 0.3) is 0 Å². The summed E-state index contributed by atoms with van der Waals surface area (Å²) in [7, 11) is 0. The van der Waals surface area contributed by atoms with Crippen molar-refractivity contribution in [3.8, 4) is 0 Å². The zero-order chi connectivity index (χ0) is 14.1. The minimum absolute atomic E-state index is 0.0486. The Bertz CT molecular complexity index is 630. The van der Waals surface area contributed by atoms with Crippen LogP contribution in [0.15, 0.2) is 36.5 Å². The topological polar surface area (TPSA) is 50.9 Å². The number of hydrazine groups is 1. The standard InChI is InChI=1S/C15H15F2N3/c16-10-4-6-13(17)12(8-10)15(20-18)11-5-3-9-2-1-7-19-14(9)11/h1-2,4,6-8,11,15,20H,3,5,18H2. The Kier molecular flexibility index (Phi) is 3.46. The van der Waals surface area contributed by atoms with Crippen molar-refractivity contribution in [3.05, 3.63) is 65.0 Å². The number of nitrogens with zero attached hydrogens (tertiary/aromatic N) is 1. The molecule has 1 heterocycles. The minimum atomic E-state index is -0.484. The van der Waals surface area contributed by atoms with Gasteiger partial charge in [-0.15, -0.1) is 0 Å². The highest BCUT2D eigenvalue weighted by Crippen LogP contribution is 2.40. The molecule has 0 spiro atoms. The number of hydrogen-bond acceptors (Lipinski definition) is 3. The number of fused-ring (bicyclic) bond motifs is 1. The molecule has 1 aliphatic rings. The van der Waals surface area contributed by atoms with E-state index in [1.165, 1.54) is 6.07 Å². The fourth-order valence-electron chi connectivity index (χ4n) is 2.94. The van der Waals surface area contributed by atoms with Crippen molar-refractivity contribution in [3.63, 3.8) is 0 Å². The van der Waals surface area contributed by atoms with Gasteiger partial charge in [0.1, 0.15) is 11.6 Å². The van der Waals surface area contributed by atoms with Gasteiger partial charge in [-0.2, -0.15) is 0 Å². The smallest absolute Gasteiger partial charge is 0.128 e.